The summed E-state index contributed by atoms with van der Waals surface area (Å²) in [4.78, 5) is 12.8. The van der Waals surface area contributed by atoms with Gasteiger partial charge in [0.1, 0.15) is 0 Å². The number of carbonyl (C=O) groups excluding carboxylic acids is 1. The Morgan fingerprint density at radius 3 is 2.50 bits per heavy atom. The first kappa shape index (κ1) is 16.2. The van der Waals surface area contributed by atoms with Crippen molar-refractivity contribution in [2.24, 2.45) is 0 Å². The predicted octanol–water partition coefficient (Wildman–Crippen LogP) is 3.74. The minimum Gasteiger partial charge on any atom is -0.463 e. The summed E-state index contributed by atoms with van der Waals surface area (Å²) in [6, 6.07) is 14.9. The maximum atomic E-state index is 12.7. The number of hydrogen-bond acceptors (Lipinski definition) is 3. The molecular formula is C18H18O3S. The number of rotatable bonds is 5. The van der Waals surface area contributed by atoms with Crippen LogP contribution in [0.1, 0.15) is 18.1 Å². The SMILES string of the molecule is CCOC(=O)/C=C/c1ccccc1S(=O)c1ccc(C)cc1. The topological polar surface area (TPSA) is 43.4 Å². The molecule has 0 bridgehead atoms. The van der Waals surface area contributed by atoms with Crippen LogP contribution in [-0.4, -0.2) is 16.8 Å². The highest BCUT2D eigenvalue weighted by Crippen LogP contribution is 2.21. The zero-order valence-electron chi connectivity index (χ0n) is 12.6. The van der Waals surface area contributed by atoms with Crippen molar-refractivity contribution in [1.29, 1.82) is 0 Å². The lowest BCUT2D eigenvalue weighted by Crippen LogP contribution is -1.99. The second-order valence-corrected chi connectivity index (χ2v) is 6.15. The van der Waals surface area contributed by atoms with Gasteiger partial charge in [0.25, 0.3) is 0 Å². The molecule has 1 unspecified atom stereocenters. The molecule has 0 aliphatic heterocycles. The number of aryl methyl sites for hydroxylation is 1. The van der Waals surface area contributed by atoms with Gasteiger partial charge in [-0.05, 0) is 43.7 Å². The van der Waals surface area contributed by atoms with Crippen LogP contribution in [0.5, 0.6) is 0 Å². The molecule has 0 heterocycles. The van der Waals surface area contributed by atoms with Gasteiger partial charge in [0, 0.05) is 11.0 Å². The van der Waals surface area contributed by atoms with E-state index in [0.717, 1.165) is 16.0 Å². The molecule has 0 fully saturated rings. The molecular weight excluding hydrogens is 296 g/mol. The van der Waals surface area contributed by atoms with Crippen molar-refractivity contribution in [2.75, 3.05) is 6.61 Å². The quantitative estimate of drug-likeness (QED) is 0.624. The van der Waals surface area contributed by atoms with Crippen LogP contribution in [0, 0.1) is 6.92 Å². The number of esters is 1. The van der Waals surface area contributed by atoms with Gasteiger partial charge in [0.2, 0.25) is 0 Å². The molecule has 114 valence electrons. The van der Waals surface area contributed by atoms with E-state index in [-0.39, 0.29) is 0 Å². The van der Waals surface area contributed by atoms with Crippen molar-refractivity contribution >= 4 is 22.8 Å². The lowest BCUT2D eigenvalue weighted by molar-refractivity contribution is -0.137. The normalized spacial score (nSPS) is 12.3. The Morgan fingerprint density at radius 1 is 1.14 bits per heavy atom. The van der Waals surface area contributed by atoms with E-state index in [9.17, 15) is 9.00 Å². The fourth-order valence-electron chi connectivity index (χ4n) is 1.92. The summed E-state index contributed by atoms with van der Waals surface area (Å²) in [5.74, 6) is -0.404. The Labute approximate surface area is 133 Å². The van der Waals surface area contributed by atoms with E-state index < -0.39 is 16.8 Å². The Morgan fingerprint density at radius 2 is 1.82 bits per heavy atom. The Hall–Kier alpha value is -2.20. The molecule has 2 rings (SSSR count). The van der Waals surface area contributed by atoms with E-state index in [2.05, 4.69) is 0 Å². The van der Waals surface area contributed by atoms with Gasteiger partial charge in [-0.2, -0.15) is 0 Å². The minimum atomic E-state index is -1.29. The molecule has 2 aromatic carbocycles. The molecule has 0 spiro atoms. The Kier molecular flexibility index (Phi) is 5.67. The van der Waals surface area contributed by atoms with Gasteiger partial charge in [-0.15, -0.1) is 0 Å². The molecule has 0 aliphatic rings. The molecule has 3 nitrogen and oxygen atoms in total. The first-order valence-corrected chi connectivity index (χ1v) is 8.19. The standard InChI is InChI=1S/C18H18O3S/c1-3-21-18(19)13-10-15-6-4-5-7-17(15)22(20)16-11-8-14(2)9-12-16/h4-13H,3H2,1-2H3/b13-10+. The average Bonchev–Trinajstić information content (AvgIpc) is 2.53. The third-order valence-electron chi connectivity index (χ3n) is 3.04. The summed E-state index contributed by atoms with van der Waals surface area (Å²) in [5.41, 5.74) is 1.87. The molecule has 0 aromatic heterocycles. The summed E-state index contributed by atoms with van der Waals surface area (Å²) >= 11 is 0. The fourth-order valence-corrected chi connectivity index (χ4v) is 3.11. The van der Waals surface area contributed by atoms with Gasteiger partial charge in [0.05, 0.1) is 22.3 Å². The monoisotopic (exact) mass is 314 g/mol. The van der Waals surface area contributed by atoms with E-state index in [1.165, 1.54) is 6.08 Å². The molecule has 0 aliphatic carbocycles. The van der Waals surface area contributed by atoms with Crippen molar-refractivity contribution in [3.8, 4) is 0 Å². The van der Waals surface area contributed by atoms with Crippen molar-refractivity contribution in [3.05, 3.63) is 65.7 Å². The number of benzene rings is 2. The second-order valence-electron chi connectivity index (χ2n) is 4.70. The van der Waals surface area contributed by atoms with E-state index in [1.54, 1.807) is 19.1 Å². The van der Waals surface area contributed by atoms with Crippen LogP contribution in [0.4, 0.5) is 0 Å². The lowest BCUT2D eigenvalue weighted by atomic mass is 10.2. The molecule has 0 saturated heterocycles. The van der Waals surface area contributed by atoms with E-state index >= 15 is 0 Å². The van der Waals surface area contributed by atoms with Crippen molar-refractivity contribution < 1.29 is 13.7 Å². The Balaban J connectivity index is 2.30. The average molecular weight is 314 g/mol. The van der Waals surface area contributed by atoms with Crippen molar-refractivity contribution in [2.45, 2.75) is 23.6 Å². The third kappa shape index (κ3) is 4.15. The van der Waals surface area contributed by atoms with Crippen LogP contribution in [0.25, 0.3) is 6.08 Å². The maximum absolute atomic E-state index is 12.7. The number of hydrogen-bond donors (Lipinski definition) is 0. The van der Waals surface area contributed by atoms with Gasteiger partial charge in [0.15, 0.2) is 0 Å². The molecule has 0 amide bonds. The minimum absolute atomic E-state index is 0.333. The highest BCUT2D eigenvalue weighted by atomic mass is 32.2. The van der Waals surface area contributed by atoms with Crippen LogP contribution >= 0.6 is 0 Å². The highest BCUT2D eigenvalue weighted by molar-refractivity contribution is 7.85. The van der Waals surface area contributed by atoms with Crippen LogP contribution in [0.15, 0.2) is 64.4 Å². The first-order valence-electron chi connectivity index (χ1n) is 7.04. The lowest BCUT2D eigenvalue weighted by Gasteiger charge is -2.06. The van der Waals surface area contributed by atoms with Gasteiger partial charge >= 0.3 is 5.97 Å². The fraction of sp³-hybridized carbons (Fsp3) is 0.167. The summed E-state index contributed by atoms with van der Waals surface area (Å²) in [5, 5.41) is 0. The summed E-state index contributed by atoms with van der Waals surface area (Å²) in [6.07, 6.45) is 2.99. The molecule has 22 heavy (non-hydrogen) atoms. The predicted molar refractivity (Wildman–Crippen MR) is 88.0 cm³/mol. The molecule has 0 N–H and O–H groups in total. The summed E-state index contributed by atoms with van der Waals surface area (Å²) in [6.45, 7) is 4.08. The van der Waals surface area contributed by atoms with Gasteiger partial charge in [-0.1, -0.05) is 35.9 Å². The molecule has 0 saturated carbocycles. The molecule has 2 aromatic rings. The van der Waals surface area contributed by atoms with Crippen molar-refractivity contribution in [3.63, 3.8) is 0 Å². The smallest absolute Gasteiger partial charge is 0.330 e. The van der Waals surface area contributed by atoms with Gasteiger partial charge in [-0.3, -0.25) is 0 Å². The summed E-state index contributed by atoms with van der Waals surface area (Å²) < 4.78 is 17.6. The summed E-state index contributed by atoms with van der Waals surface area (Å²) in [7, 11) is -1.29. The molecule has 1 atom stereocenters. The zero-order chi connectivity index (χ0) is 15.9. The zero-order valence-corrected chi connectivity index (χ0v) is 13.4. The van der Waals surface area contributed by atoms with Gasteiger partial charge < -0.3 is 4.74 Å². The number of ether oxygens (including phenoxy) is 1. The Bertz CT molecular complexity index is 703. The second kappa shape index (κ2) is 7.71. The van der Waals surface area contributed by atoms with E-state index in [0.29, 0.717) is 11.5 Å². The van der Waals surface area contributed by atoms with E-state index in [4.69, 9.17) is 4.74 Å². The third-order valence-corrected chi connectivity index (χ3v) is 4.51. The van der Waals surface area contributed by atoms with Crippen molar-refractivity contribution in [1.82, 2.24) is 0 Å². The first-order chi connectivity index (χ1) is 10.6. The van der Waals surface area contributed by atoms with E-state index in [1.807, 2.05) is 49.4 Å². The van der Waals surface area contributed by atoms with Crippen LogP contribution in [0.3, 0.4) is 0 Å². The van der Waals surface area contributed by atoms with Crippen LogP contribution in [-0.2, 0) is 20.3 Å². The molecule has 0 radical (unpaired) electrons. The molecule has 4 heteroatoms. The highest BCUT2D eigenvalue weighted by Gasteiger charge is 2.10. The van der Waals surface area contributed by atoms with Crippen LogP contribution < -0.4 is 0 Å². The van der Waals surface area contributed by atoms with Crippen LogP contribution in [0.2, 0.25) is 0 Å². The maximum Gasteiger partial charge on any atom is 0.330 e. The number of carbonyl (C=O) groups is 1. The van der Waals surface area contributed by atoms with Gasteiger partial charge in [-0.25, -0.2) is 9.00 Å². The largest absolute Gasteiger partial charge is 0.463 e.